The molecule has 0 saturated carbocycles. The van der Waals surface area contributed by atoms with Gasteiger partial charge < -0.3 is 19.4 Å². The highest BCUT2D eigenvalue weighted by molar-refractivity contribution is 7.94. The minimum atomic E-state index is -3.40. The van der Waals surface area contributed by atoms with Gasteiger partial charge >= 0.3 is 6.01 Å². The van der Waals surface area contributed by atoms with E-state index in [4.69, 9.17) is 26.3 Å². The Balaban J connectivity index is 1.30. The second kappa shape index (κ2) is 13.0. The monoisotopic (exact) mass is 656 g/mol. The quantitative estimate of drug-likeness (QED) is 0.286. The van der Waals surface area contributed by atoms with E-state index < -0.39 is 15.7 Å². The Morgan fingerprint density at radius 1 is 1.09 bits per heavy atom. The van der Waals surface area contributed by atoms with Crippen LogP contribution in [0, 0.1) is 5.82 Å². The summed E-state index contributed by atoms with van der Waals surface area (Å²) < 4.78 is 46.5. The number of nitrogens with zero attached hydrogens (tertiary/aromatic N) is 6. The van der Waals surface area contributed by atoms with Crippen LogP contribution in [0.25, 0.3) is 10.8 Å². The molecule has 0 radical (unpaired) electrons. The van der Waals surface area contributed by atoms with Crippen molar-refractivity contribution in [1.82, 2.24) is 19.8 Å². The molecule has 4 heterocycles. The van der Waals surface area contributed by atoms with Gasteiger partial charge in [-0.15, -0.1) is 0 Å². The molecule has 45 heavy (non-hydrogen) atoms. The molecule has 9 nitrogen and oxygen atoms in total. The lowest BCUT2D eigenvalue weighted by molar-refractivity contribution is 0.107. The summed E-state index contributed by atoms with van der Waals surface area (Å²) in [6.45, 7) is 4.67. The number of ether oxygens (including phenoxy) is 1. The number of rotatable bonds is 11. The Kier molecular flexibility index (Phi) is 9.25. The maximum absolute atomic E-state index is 14.5. The van der Waals surface area contributed by atoms with Gasteiger partial charge in [-0.1, -0.05) is 35.9 Å². The van der Waals surface area contributed by atoms with Gasteiger partial charge in [0.1, 0.15) is 18.2 Å². The van der Waals surface area contributed by atoms with Crippen molar-refractivity contribution < 1.29 is 17.5 Å². The first-order valence-corrected chi connectivity index (χ1v) is 17.8. The number of halogens is 2. The van der Waals surface area contributed by atoms with Gasteiger partial charge in [-0.05, 0) is 76.8 Å². The third-order valence-electron chi connectivity index (χ3n) is 9.40. The zero-order valence-electron chi connectivity index (χ0n) is 26.3. The first-order valence-electron chi connectivity index (χ1n) is 15.7. The highest BCUT2D eigenvalue weighted by atomic mass is 35.5. The molecule has 0 unspecified atom stereocenters. The number of anilines is 2. The maximum Gasteiger partial charge on any atom is 0.318 e. The van der Waals surface area contributed by atoms with E-state index in [0.29, 0.717) is 49.9 Å². The predicted molar refractivity (Wildman–Crippen MR) is 179 cm³/mol. The van der Waals surface area contributed by atoms with E-state index >= 15 is 0 Å². The van der Waals surface area contributed by atoms with E-state index in [1.165, 1.54) is 24.3 Å². The molecule has 242 valence electrons. The van der Waals surface area contributed by atoms with Crippen molar-refractivity contribution in [3.05, 3.63) is 63.9 Å². The summed E-state index contributed by atoms with van der Waals surface area (Å²) in [7, 11) is 2.27. The van der Waals surface area contributed by atoms with Crippen molar-refractivity contribution in [3.63, 3.8) is 0 Å². The van der Waals surface area contributed by atoms with Crippen LogP contribution in [-0.2, 0) is 22.8 Å². The van der Waals surface area contributed by atoms with Crippen molar-refractivity contribution in [3.8, 4) is 6.01 Å². The van der Waals surface area contributed by atoms with Gasteiger partial charge in [0.2, 0.25) is 0 Å². The zero-order valence-corrected chi connectivity index (χ0v) is 27.9. The zero-order chi connectivity index (χ0) is 31.8. The molecule has 2 aromatic carbocycles. The van der Waals surface area contributed by atoms with Crippen molar-refractivity contribution >= 4 is 43.7 Å². The maximum atomic E-state index is 14.5. The van der Waals surface area contributed by atoms with Crippen LogP contribution in [0.15, 0.2) is 41.8 Å². The second-order valence-electron chi connectivity index (χ2n) is 12.8. The highest BCUT2D eigenvalue weighted by Crippen LogP contribution is 2.40. The number of hydrogen-bond donors (Lipinski definition) is 0. The van der Waals surface area contributed by atoms with Crippen LogP contribution in [0.5, 0.6) is 6.01 Å². The number of hydrogen-bond acceptors (Lipinski definition) is 9. The van der Waals surface area contributed by atoms with Gasteiger partial charge in [0.25, 0.3) is 0 Å². The number of fused-ring (bicyclic) bond motifs is 3. The van der Waals surface area contributed by atoms with Crippen LogP contribution in [-0.4, -0.2) is 100.0 Å². The minimum absolute atomic E-state index is 0.0351. The molecule has 3 aliphatic rings. The highest BCUT2D eigenvalue weighted by Gasteiger charge is 2.45. The summed E-state index contributed by atoms with van der Waals surface area (Å²) in [6.07, 6.45) is 6.85. The summed E-state index contributed by atoms with van der Waals surface area (Å²) in [5.74, 6) is 0.207. The Morgan fingerprint density at radius 3 is 2.62 bits per heavy atom. The number of benzene rings is 2. The number of sulfone groups is 1. The lowest BCUT2D eigenvalue weighted by Crippen LogP contribution is -2.43. The van der Waals surface area contributed by atoms with Crippen molar-refractivity contribution in [2.75, 3.05) is 76.0 Å². The first kappa shape index (κ1) is 32.0. The molecule has 2 fully saturated rings. The van der Waals surface area contributed by atoms with Gasteiger partial charge in [-0.25, -0.2) is 12.8 Å². The van der Waals surface area contributed by atoms with E-state index in [1.54, 1.807) is 12.1 Å². The molecular weight excluding hydrogens is 615 g/mol. The van der Waals surface area contributed by atoms with Crippen LogP contribution < -0.4 is 14.5 Å². The van der Waals surface area contributed by atoms with Crippen LogP contribution in [0.3, 0.4) is 0 Å². The number of aromatic nitrogens is 2. The first-order chi connectivity index (χ1) is 21.6. The molecule has 0 atom stereocenters. The smallest absolute Gasteiger partial charge is 0.318 e. The molecular formula is C33H42ClFN6O3S. The van der Waals surface area contributed by atoms with E-state index in [-0.39, 0.29) is 22.9 Å². The average Bonchev–Trinajstić information content (AvgIpc) is 3.60. The molecule has 0 spiro atoms. The third-order valence-corrected chi connectivity index (χ3v) is 11.1. The van der Waals surface area contributed by atoms with E-state index in [1.807, 2.05) is 49.1 Å². The van der Waals surface area contributed by atoms with Gasteiger partial charge in [0.15, 0.2) is 9.84 Å². The van der Waals surface area contributed by atoms with Crippen molar-refractivity contribution in [2.45, 2.75) is 44.2 Å². The standard InChI is InChI=1S/C33H42ClFN6O3S/c1-38(2)15-7-20-45(42,43)21-19-39(3)31-25-12-18-40(28-9-4-8-24-10-11-26(35)30(34)29(24)28)22-27(25)36-32(37-31)44-23-33-13-5-16-41(33)17-6-14-33/h4,7-11,20H,5-6,12-19,21-23H2,1-3H3/b20-7+. The van der Waals surface area contributed by atoms with Crippen LogP contribution in [0.1, 0.15) is 36.9 Å². The fourth-order valence-electron chi connectivity index (χ4n) is 7.03. The molecule has 6 rings (SSSR count). The third kappa shape index (κ3) is 6.77. The molecule has 0 amide bonds. The molecule has 3 aromatic rings. The Morgan fingerprint density at radius 2 is 1.87 bits per heavy atom. The Bertz CT molecular complexity index is 1690. The molecule has 0 bridgehead atoms. The predicted octanol–water partition coefficient (Wildman–Crippen LogP) is 4.92. The molecule has 0 aliphatic carbocycles. The van der Waals surface area contributed by atoms with Gasteiger partial charge in [0, 0.05) is 48.7 Å². The molecule has 0 N–H and O–H groups in total. The fourth-order valence-corrected chi connectivity index (χ4v) is 8.34. The molecule has 12 heteroatoms. The van der Waals surface area contributed by atoms with E-state index in [9.17, 15) is 12.8 Å². The average molecular weight is 657 g/mol. The van der Waals surface area contributed by atoms with Crippen LogP contribution >= 0.6 is 11.6 Å². The lowest BCUT2D eigenvalue weighted by atomic mass is 9.95. The Labute approximate surface area is 270 Å². The van der Waals surface area contributed by atoms with Crippen LogP contribution in [0.2, 0.25) is 5.02 Å². The topological polar surface area (TPSA) is 82.1 Å². The minimum Gasteiger partial charge on any atom is -0.461 e. The van der Waals surface area contributed by atoms with Crippen molar-refractivity contribution in [2.24, 2.45) is 0 Å². The van der Waals surface area contributed by atoms with Gasteiger partial charge in [-0.2, -0.15) is 9.97 Å². The summed E-state index contributed by atoms with van der Waals surface area (Å²) in [5, 5.41) is 2.96. The van der Waals surface area contributed by atoms with Gasteiger partial charge in [0.05, 0.1) is 28.6 Å². The lowest BCUT2D eigenvalue weighted by Gasteiger charge is -2.34. The summed E-state index contributed by atoms with van der Waals surface area (Å²) in [6, 6.07) is 9.30. The number of likely N-dealkylation sites (N-methyl/N-ethyl adjacent to an activating group) is 1. The van der Waals surface area contributed by atoms with Gasteiger partial charge in [-0.3, -0.25) is 4.90 Å². The summed E-state index contributed by atoms with van der Waals surface area (Å²) in [4.78, 5) is 18.3. The molecule has 3 aliphatic heterocycles. The van der Waals surface area contributed by atoms with Crippen molar-refractivity contribution in [1.29, 1.82) is 0 Å². The van der Waals surface area contributed by atoms with E-state index in [2.05, 4.69) is 9.80 Å². The molecule has 2 saturated heterocycles. The fraction of sp³-hybridized carbons (Fsp3) is 0.515. The Hall–Kier alpha value is -2.99. The summed E-state index contributed by atoms with van der Waals surface area (Å²) in [5.41, 5.74) is 2.67. The van der Waals surface area contributed by atoms with E-state index in [0.717, 1.165) is 48.3 Å². The normalized spacial score (nSPS) is 18.2. The SMILES string of the molecule is CN(C)C/C=C/S(=O)(=O)CCN(C)c1nc(OCC23CCCN2CCC3)nc2c1CCN(c1cccc3ccc(F)c(Cl)c13)C2. The largest absolute Gasteiger partial charge is 0.461 e. The summed E-state index contributed by atoms with van der Waals surface area (Å²) >= 11 is 6.49. The molecule has 1 aromatic heterocycles. The second-order valence-corrected chi connectivity index (χ2v) is 15.2. The van der Waals surface area contributed by atoms with Crippen LogP contribution in [0.4, 0.5) is 15.9 Å².